The number of benzene rings is 3. The maximum Gasteiger partial charge on any atom is 0.335 e. The van der Waals surface area contributed by atoms with Crippen LogP contribution in [0.2, 0.25) is 5.02 Å². The van der Waals surface area contributed by atoms with Crippen LogP contribution in [0.25, 0.3) is 6.08 Å². The molecule has 0 bridgehead atoms. The van der Waals surface area contributed by atoms with Crippen LogP contribution in [0.1, 0.15) is 40.9 Å². The molecule has 7 nitrogen and oxygen atoms in total. The molecule has 3 rings (SSSR count). The number of amides is 1. The minimum Gasteiger partial charge on any atom is -0.490 e. The first kappa shape index (κ1) is 26.3. The molecule has 0 radical (unpaired) electrons. The Labute approximate surface area is 214 Å². The van der Waals surface area contributed by atoms with Gasteiger partial charge in [-0.3, -0.25) is 4.79 Å². The van der Waals surface area contributed by atoms with E-state index in [0.717, 1.165) is 17.5 Å². The molecule has 0 aliphatic carbocycles. The second-order valence-corrected chi connectivity index (χ2v) is 8.14. The number of hydrogen-bond acceptors (Lipinski definition) is 5. The molecule has 0 aromatic heterocycles. The highest BCUT2D eigenvalue weighted by atomic mass is 35.5. The number of nitrogens with zero attached hydrogens (tertiary/aromatic N) is 1. The maximum absolute atomic E-state index is 12.7. The summed E-state index contributed by atoms with van der Waals surface area (Å²) in [5, 5.41) is 21.6. The summed E-state index contributed by atoms with van der Waals surface area (Å²) in [5.74, 6) is -0.892. The molecule has 0 heterocycles. The van der Waals surface area contributed by atoms with Crippen molar-refractivity contribution in [2.24, 2.45) is 0 Å². The highest BCUT2D eigenvalue weighted by molar-refractivity contribution is 6.32. The lowest BCUT2D eigenvalue weighted by atomic mass is 10.1. The number of carbonyl (C=O) groups excluding carboxylic acids is 1. The largest absolute Gasteiger partial charge is 0.490 e. The number of halogens is 1. The number of carboxylic acids is 1. The first-order valence-electron chi connectivity index (χ1n) is 11.3. The predicted molar refractivity (Wildman–Crippen MR) is 138 cm³/mol. The average molecular weight is 505 g/mol. The number of rotatable bonds is 10. The number of nitriles is 1. The average Bonchev–Trinajstić information content (AvgIpc) is 2.87. The Kier molecular flexibility index (Phi) is 9.09. The van der Waals surface area contributed by atoms with Crippen LogP contribution in [0, 0.1) is 11.3 Å². The van der Waals surface area contributed by atoms with Crippen molar-refractivity contribution in [2.75, 3.05) is 11.9 Å². The number of carboxylic acid groups (broad SMARTS) is 1. The third-order valence-corrected chi connectivity index (χ3v) is 5.49. The Hall–Kier alpha value is -4.28. The zero-order valence-corrected chi connectivity index (χ0v) is 20.6. The fraction of sp³-hybridized carbons (Fsp3) is 0.179. The molecular formula is C28H25ClN2O5. The molecule has 0 aliphatic heterocycles. The summed E-state index contributed by atoms with van der Waals surface area (Å²) < 4.78 is 11.6. The van der Waals surface area contributed by atoms with Gasteiger partial charge in [0, 0.05) is 5.69 Å². The lowest BCUT2D eigenvalue weighted by Gasteiger charge is -2.15. The van der Waals surface area contributed by atoms with Crippen LogP contribution >= 0.6 is 11.6 Å². The summed E-state index contributed by atoms with van der Waals surface area (Å²) in [6.45, 7) is 4.33. The molecule has 0 atom stereocenters. The molecule has 3 aromatic rings. The first-order valence-corrected chi connectivity index (χ1v) is 11.7. The smallest absolute Gasteiger partial charge is 0.335 e. The third kappa shape index (κ3) is 6.87. The fourth-order valence-corrected chi connectivity index (χ4v) is 3.58. The summed E-state index contributed by atoms with van der Waals surface area (Å²) in [6.07, 6.45) is 2.32. The SMILES string of the molecule is CCOc1cc(/C=C(\C#N)C(=O)Nc2ccc(CC)cc2)cc(Cl)c1OCc1ccc(C(=O)O)cc1. The van der Waals surface area contributed by atoms with Gasteiger partial charge in [-0.2, -0.15) is 5.26 Å². The second-order valence-electron chi connectivity index (χ2n) is 7.73. The van der Waals surface area contributed by atoms with Gasteiger partial charge in [0.05, 0.1) is 17.2 Å². The van der Waals surface area contributed by atoms with Gasteiger partial charge in [-0.05, 0) is 72.5 Å². The Morgan fingerprint density at radius 3 is 2.28 bits per heavy atom. The van der Waals surface area contributed by atoms with Crippen LogP contribution in [0.3, 0.4) is 0 Å². The summed E-state index contributed by atoms with van der Waals surface area (Å²) >= 11 is 6.47. The van der Waals surface area contributed by atoms with Gasteiger partial charge in [0.25, 0.3) is 5.91 Å². The lowest BCUT2D eigenvalue weighted by Crippen LogP contribution is -2.13. The molecule has 0 aliphatic rings. The van der Waals surface area contributed by atoms with E-state index < -0.39 is 11.9 Å². The Morgan fingerprint density at radius 1 is 1.03 bits per heavy atom. The van der Waals surface area contributed by atoms with Gasteiger partial charge in [-0.15, -0.1) is 0 Å². The van der Waals surface area contributed by atoms with Crippen LogP contribution in [-0.2, 0) is 17.8 Å². The van der Waals surface area contributed by atoms with Crippen molar-refractivity contribution in [1.29, 1.82) is 5.26 Å². The maximum atomic E-state index is 12.7. The van der Waals surface area contributed by atoms with Crippen molar-refractivity contribution in [3.05, 3.63) is 93.5 Å². The van der Waals surface area contributed by atoms with Gasteiger partial charge in [0.2, 0.25) is 0 Å². The van der Waals surface area contributed by atoms with E-state index in [4.69, 9.17) is 26.2 Å². The zero-order chi connectivity index (χ0) is 26.1. The highest BCUT2D eigenvalue weighted by Crippen LogP contribution is 2.38. The van der Waals surface area contributed by atoms with Gasteiger partial charge in [0.15, 0.2) is 11.5 Å². The summed E-state index contributed by atoms with van der Waals surface area (Å²) in [6, 6.07) is 18.8. The van der Waals surface area contributed by atoms with E-state index >= 15 is 0 Å². The molecule has 0 fully saturated rings. The first-order chi connectivity index (χ1) is 17.3. The molecule has 36 heavy (non-hydrogen) atoms. The molecule has 184 valence electrons. The number of aryl methyl sites for hydroxylation is 1. The number of ether oxygens (including phenoxy) is 2. The normalized spacial score (nSPS) is 10.9. The molecule has 8 heteroatoms. The van der Waals surface area contributed by atoms with Crippen LogP contribution in [-0.4, -0.2) is 23.6 Å². The van der Waals surface area contributed by atoms with E-state index in [1.165, 1.54) is 18.2 Å². The predicted octanol–water partition coefficient (Wildman–Crippen LogP) is 6.12. The van der Waals surface area contributed by atoms with Crippen molar-refractivity contribution in [3.63, 3.8) is 0 Å². The number of carbonyl (C=O) groups is 2. The number of nitrogens with one attached hydrogen (secondary N) is 1. The summed E-state index contributed by atoms with van der Waals surface area (Å²) in [4.78, 5) is 23.7. The van der Waals surface area contributed by atoms with Crippen LogP contribution in [0.5, 0.6) is 11.5 Å². The molecule has 0 saturated heterocycles. The summed E-state index contributed by atoms with van der Waals surface area (Å²) in [5.41, 5.74) is 3.05. The molecule has 3 aromatic carbocycles. The van der Waals surface area contributed by atoms with E-state index in [2.05, 4.69) is 5.32 Å². The van der Waals surface area contributed by atoms with Gasteiger partial charge >= 0.3 is 5.97 Å². The number of anilines is 1. The molecule has 0 spiro atoms. The summed E-state index contributed by atoms with van der Waals surface area (Å²) in [7, 11) is 0. The van der Waals surface area contributed by atoms with Crippen molar-refractivity contribution < 1.29 is 24.2 Å². The Morgan fingerprint density at radius 2 is 1.69 bits per heavy atom. The fourth-order valence-electron chi connectivity index (χ4n) is 3.31. The lowest BCUT2D eigenvalue weighted by molar-refractivity contribution is -0.112. The van der Waals surface area contributed by atoms with E-state index in [0.29, 0.717) is 29.4 Å². The van der Waals surface area contributed by atoms with Gasteiger partial charge < -0.3 is 19.9 Å². The second kappa shape index (κ2) is 12.4. The molecule has 0 saturated carbocycles. The van der Waals surface area contributed by atoms with Gasteiger partial charge in [-0.1, -0.05) is 42.8 Å². The number of aromatic carboxylic acids is 1. The van der Waals surface area contributed by atoms with Crippen molar-refractivity contribution >= 4 is 35.2 Å². The highest BCUT2D eigenvalue weighted by Gasteiger charge is 2.15. The number of hydrogen-bond donors (Lipinski definition) is 2. The molecule has 0 unspecified atom stereocenters. The van der Waals surface area contributed by atoms with Crippen LogP contribution < -0.4 is 14.8 Å². The molecule has 1 amide bonds. The standard InChI is InChI=1S/C28H25ClN2O5/c1-3-18-7-11-23(12-8-18)31-27(32)22(16-30)13-20-14-24(29)26(25(15-20)35-4-2)36-17-19-5-9-21(10-6-19)28(33)34/h5-15H,3-4,17H2,1-2H3,(H,31,32)(H,33,34)/b22-13+. The van der Waals surface area contributed by atoms with E-state index in [1.54, 1.807) is 36.4 Å². The monoisotopic (exact) mass is 504 g/mol. The van der Waals surface area contributed by atoms with Crippen molar-refractivity contribution in [3.8, 4) is 17.6 Å². The molecular weight excluding hydrogens is 480 g/mol. The minimum absolute atomic E-state index is 0.0970. The topological polar surface area (TPSA) is 109 Å². The minimum atomic E-state index is -1.01. The third-order valence-electron chi connectivity index (χ3n) is 5.21. The molecule has 2 N–H and O–H groups in total. The van der Waals surface area contributed by atoms with E-state index in [1.807, 2.05) is 32.0 Å². The van der Waals surface area contributed by atoms with E-state index in [9.17, 15) is 14.9 Å². The van der Waals surface area contributed by atoms with E-state index in [-0.39, 0.29) is 22.8 Å². The van der Waals surface area contributed by atoms with Crippen molar-refractivity contribution in [2.45, 2.75) is 26.9 Å². The Bertz CT molecular complexity index is 1310. The van der Waals surface area contributed by atoms with Crippen LogP contribution in [0.4, 0.5) is 5.69 Å². The van der Waals surface area contributed by atoms with Crippen molar-refractivity contribution in [1.82, 2.24) is 0 Å². The zero-order valence-electron chi connectivity index (χ0n) is 19.9. The quantitative estimate of drug-likeness (QED) is 0.254. The van der Waals surface area contributed by atoms with Crippen LogP contribution in [0.15, 0.2) is 66.2 Å². The van der Waals surface area contributed by atoms with Gasteiger partial charge in [-0.25, -0.2) is 4.79 Å². The van der Waals surface area contributed by atoms with Gasteiger partial charge in [0.1, 0.15) is 18.2 Å². The Balaban J connectivity index is 1.80.